The van der Waals surface area contributed by atoms with Crippen LogP contribution in [0.1, 0.15) is 25.7 Å². The number of aliphatic hydroxyl groups is 1. The maximum absolute atomic E-state index is 11.8. The molecule has 0 aliphatic heterocycles. The number of nitro groups is 1. The summed E-state index contributed by atoms with van der Waals surface area (Å²) in [6.07, 6.45) is 2.64. The first-order valence-corrected chi connectivity index (χ1v) is 6.70. The number of aromatic hydroxyl groups is 1. The Morgan fingerprint density at radius 3 is 2.67 bits per heavy atom. The molecule has 2 rings (SSSR count). The molecule has 8 heteroatoms. The number of amides is 2. The smallest absolute Gasteiger partial charge is 0.319 e. The fourth-order valence-electron chi connectivity index (χ4n) is 2.35. The SMILES string of the molecule is O=C(Nc1ccc([N+](=O)[O-])cc1O)N[C@@H]1CCCC[C@H]1O. The summed E-state index contributed by atoms with van der Waals surface area (Å²) in [5.41, 5.74) is -0.190. The standard InChI is InChI=1S/C13H17N3O5/c17-11-4-2-1-3-9(11)14-13(19)15-10-6-5-8(16(20)21)7-12(10)18/h5-7,9,11,17-18H,1-4H2,(H2,14,15,19)/t9-,11-/m1/s1. The van der Waals surface area contributed by atoms with E-state index in [0.717, 1.165) is 18.9 Å². The summed E-state index contributed by atoms with van der Waals surface area (Å²) in [6.45, 7) is 0. The first-order chi connectivity index (χ1) is 9.97. The van der Waals surface area contributed by atoms with Crippen molar-refractivity contribution in [3.05, 3.63) is 28.3 Å². The van der Waals surface area contributed by atoms with Crippen molar-refractivity contribution in [1.82, 2.24) is 5.32 Å². The molecule has 0 bridgehead atoms. The highest BCUT2D eigenvalue weighted by Gasteiger charge is 2.24. The first kappa shape index (κ1) is 15.0. The number of anilines is 1. The number of phenolic OH excluding ortho intramolecular Hbond substituents is 1. The predicted molar refractivity (Wildman–Crippen MR) is 75.2 cm³/mol. The molecule has 114 valence electrons. The van der Waals surface area contributed by atoms with Gasteiger partial charge in [0.15, 0.2) is 0 Å². The predicted octanol–water partition coefficient (Wildman–Crippen LogP) is 1.73. The molecule has 8 nitrogen and oxygen atoms in total. The molecule has 0 spiro atoms. The Balaban J connectivity index is 1.97. The summed E-state index contributed by atoms with van der Waals surface area (Å²) in [7, 11) is 0. The number of nitro benzene ring substituents is 1. The van der Waals surface area contributed by atoms with Crippen LogP contribution in [0, 0.1) is 10.1 Å². The molecule has 1 aromatic rings. The molecule has 1 aliphatic carbocycles. The number of rotatable bonds is 3. The molecule has 0 aromatic heterocycles. The second-order valence-corrected chi connectivity index (χ2v) is 5.02. The van der Waals surface area contributed by atoms with Gasteiger partial charge < -0.3 is 20.8 Å². The van der Waals surface area contributed by atoms with E-state index in [0.29, 0.717) is 12.8 Å². The van der Waals surface area contributed by atoms with Crippen LogP contribution in [0.25, 0.3) is 0 Å². The zero-order chi connectivity index (χ0) is 15.4. The van der Waals surface area contributed by atoms with Crippen LogP contribution in [0.3, 0.4) is 0 Å². The first-order valence-electron chi connectivity index (χ1n) is 6.70. The number of phenols is 1. The largest absolute Gasteiger partial charge is 0.506 e. The average Bonchev–Trinajstić information content (AvgIpc) is 2.43. The summed E-state index contributed by atoms with van der Waals surface area (Å²) in [5, 5.41) is 35.0. The van der Waals surface area contributed by atoms with Crippen molar-refractivity contribution in [3.8, 4) is 5.75 Å². The maximum Gasteiger partial charge on any atom is 0.319 e. The van der Waals surface area contributed by atoms with Crippen LogP contribution in [0.4, 0.5) is 16.2 Å². The van der Waals surface area contributed by atoms with Crippen molar-refractivity contribution < 1.29 is 19.9 Å². The molecule has 2 atom stereocenters. The molecule has 21 heavy (non-hydrogen) atoms. The molecular weight excluding hydrogens is 278 g/mol. The molecule has 0 radical (unpaired) electrons. The van der Waals surface area contributed by atoms with E-state index in [1.807, 2.05) is 0 Å². The van der Waals surface area contributed by atoms with Crippen molar-refractivity contribution >= 4 is 17.4 Å². The van der Waals surface area contributed by atoms with Gasteiger partial charge in [-0.2, -0.15) is 0 Å². The second kappa shape index (κ2) is 6.40. The Kier molecular flexibility index (Phi) is 4.59. The zero-order valence-corrected chi connectivity index (χ0v) is 11.3. The number of hydrogen-bond donors (Lipinski definition) is 4. The van der Waals surface area contributed by atoms with Crippen LogP contribution in [0.15, 0.2) is 18.2 Å². The van der Waals surface area contributed by atoms with Gasteiger partial charge in [0.2, 0.25) is 0 Å². The zero-order valence-electron chi connectivity index (χ0n) is 11.3. The van der Waals surface area contributed by atoms with Crippen LogP contribution >= 0.6 is 0 Å². The van der Waals surface area contributed by atoms with Gasteiger partial charge in [0, 0.05) is 6.07 Å². The van der Waals surface area contributed by atoms with Gasteiger partial charge >= 0.3 is 6.03 Å². The van der Waals surface area contributed by atoms with Crippen molar-refractivity contribution in [2.75, 3.05) is 5.32 Å². The lowest BCUT2D eigenvalue weighted by Crippen LogP contribution is -2.46. The third kappa shape index (κ3) is 3.82. The molecule has 1 fully saturated rings. The van der Waals surface area contributed by atoms with Crippen LogP contribution < -0.4 is 10.6 Å². The van der Waals surface area contributed by atoms with Crippen LogP contribution in [-0.2, 0) is 0 Å². The van der Waals surface area contributed by atoms with E-state index < -0.39 is 17.1 Å². The number of urea groups is 1. The molecule has 1 saturated carbocycles. The molecular formula is C13H17N3O5. The van der Waals surface area contributed by atoms with Crippen LogP contribution in [0.5, 0.6) is 5.75 Å². The molecule has 0 saturated heterocycles. The van der Waals surface area contributed by atoms with Crippen molar-refractivity contribution in [1.29, 1.82) is 0 Å². The van der Waals surface area contributed by atoms with E-state index in [4.69, 9.17) is 0 Å². The Labute approximate surface area is 120 Å². The summed E-state index contributed by atoms with van der Waals surface area (Å²) < 4.78 is 0. The van der Waals surface area contributed by atoms with E-state index in [9.17, 15) is 25.1 Å². The van der Waals surface area contributed by atoms with Gasteiger partial charge in [-0.05, 0) is 18.9 Å². The van der Waals surface area contributed by atoms with Gasteiger partial charge in [0.05, 0.1) is 28.8 Å². The van der Waals surface area contributed by atoms with Crippen LogP contribution in [-0.4, -0.2) is 33.3 Å². The topological polar surface area (TPSA) is 125 Å². The van der Waals surface area contributed by atoms with Gasteiger partial charge in [-0.3, -0.25) is 10.1 Å². The molecule has 1 aliphatic rings. The number of benzene rings is 1. The minimum atomic E-state index is -0.637. The summed E-state index contributed by atoms with van der Waals surface area (Å²) in [5.74, 6) is -0.386. The quantitative estimate of drug-likeness (QED) is 0.384. The second-order valence-electron chi connectivity index (χ2n) is 5.02. The number of nitrogens with one attached hydrogen (secondary N) is 2. The number of aliphatic hydroxyl groups excluding tert-OH is 1. The van der Waals surface area contributed by atoms with E-state index in [-0.39, 0.29) is 23.2 Å². The number of hydrogen-bond acceptors (Lipinski definition) is 5. The Hall–Kier alpha value is -2.35. The monoisotopic (exact) mass is 295 g/mol. The third-order valence-corrected chi connectivity index (χ3v) is 3.49. The number of carbonyl (C=O) groups excluding carboxylic acids is 1. The maximum atomic E-state index is 11.8. The lowest BCUT2D eigenvalue weighted by molar-refractivity contribution is -0.384. The van der Waals surface area contributed by atoms with Gasteiger partial charge in [0.1, 0.15) is 5.75 Å². The highest BCUT2D eigenvalue weighted by atomic mass is 16.6. The lowest BCUT2D eigenvalue weighted by atomic mass is 9.93. The minimum absolute atomic E-state index is 0.0726. The van der Waals surface area contributed by atoms with E-state index in [1.165, 1.54) is 12.1 Å². The molecule has 0 heterocycles. The Morgan fingerprint density at radius 1 is 1.33 bits per heavy atom. The fourth-order valence-corrected chi connectivity index (χ4v) is 2.35. The summed E-state index contributed by atoms with van der Waals surface area (Å²) in [6, 6.07) is 2.52. The third-order valence-electron chi connectivity index (χ3n) is 3.49. The molecule has 1 aromatic carbocycles. The number of non-ortho nitro benzene ring substituents is 1. The molecule has 4 N–H and O–H groups in total. The fraction of sp³-hybridized carbons (Fsp3) is 0.462. The van der Waals surface area contributed by atoms with Crippen molar-refractivity contribution in [3.63, 3.8) is 0 Å². The van der Waals surface area contributed by atoms with E-state index in [1.54, 1.807) is 0 Å². The molecule has 0 unspecified atom stereocenters. The number of carbonyl (C=O) groups is 1. The normalized spacial score (nSPS) is 21.6. The Bertz CT molecular complexity index is 549. The highest BCUT2D eigenvalue weighted by molar-refractivity contribution is 5.91. The number of nitrogens with zero attached hydrogens (tertiary/aromatic N) is 1. The van der Waals surface area contributed by atoms with E-state index >= 15 is 0 Å². The van der Waals surface area contributed by atoms with Crippen molar-refractivity contribution in [2.24, 2.45) is 0 Å². The van der Waals surface area contributed by atoms with Gasteiger partial charge in [-0.25, -0.2) is 4.79 Å². The lowest BCUT2D eigenvalue weighted by Gasteiger charge is -2.28. The van der Waals surface area contributed by atoms with Gasteiger partial charge in [0.25, 0.3) is 5.69 Å². The highest BCUT2D eigenvalue weighted by Crippen LogP contribution is 2.28. The summed E-state index contributed by atoms with van der Waals surface area (Å²) in [4.78, 5) is 21.7. The summed E-state index contributed by atoms with van der Waals surface area (Å²) >= 11 is 0. The molecule has 2 amide bonds. The minimum Gasteiger partial charge on any atom is -0.506 e. The van der Waals surface area contributed by atoms with Crippen molar-refractivity contribution in [2.45, 2.75) is 37.8 Å². The van der Waals surface area contributed by atoms with E-state index in [2.05, 4.69) is 10.6 Å². The Morgan fingerprint density at radius 2 is 2.05 bits per heavy atom. The van der Waals surface area contributed by atoms with Crippen LogP contribution in [0.2, 0.25) is 0 Å². The average molecular weight is 295 g/mol. The van der Waals surface area contributed by atoms with Gasteiger partial charge in [-0.1, -0.05) is 12.8 Å². The van der Waals surface area contributed by atoms with Gasteiger partial charge in [-0.15, -0.1) is 0 Å².